The molecule has 0 saturated carbocycles. The van der Waals surface area contributed by atoms with Gasteiger partial charge in [0.15, 0.2) is 0 Å². The van der Waals surface area contributed by atoms with Gasteiger partial charge < -0.3 is 10.1 Å². The molecule has 1 aromatic rings. The number of nitrogens with one attached hydrogen (secondary N) is 2. The molecule has 0 bridgehead atoms. The Balaban J connectivity index is 2.60. The van der Waals surface area contributed by atoms with E-state index in [1.54, 1.807) is 0 Å². The minimum Gasteiger partial charge on any atom is -0.406 e. The predicted octanol–water partition coefficient (Wildman–Crippen LogP) is 2.80. The minimum atomic E-state index is -5.23. The molecule has 0 unspecified atom stereocenters. The number of carbonyl (C=O) groups excluding carboxylic acids is 2. The van der Waals surface area contributed by atoms with Gasteiger partial charge in [0.25, 0.3) is 0 Å². The van der Waals surface area contributed by atoms with Crippen LogP contribution in [0.3, 0.4) is 0 Å². The Morgan fingerprint density at radius 3 is 1.90 bits per heavy atom. The maximum absolute atomic E-state index is 11.9. The Morgan fingerprint density at radius 1 is 0.952 bits per heavy atom. The fourth-order valence-corrected chi connectivity index (χ4v) is 1.08. The van der Waals surface area contributed by atoms with Crippen molar-refractivity contribution in [1.29, 1.82) is 0 Å². The molecule has 0 radical (unpaired) electrons. The van der Waals surface area contributed by atoms with E-state index in [0.29, 0.717) is 0 Å². The number of hydrogen-bond donors (Lipinski definition) is 2. The molecule has 21 heavy (non-hydrogen) atoms. The van der Waals surface area contributed by atoms with E-state index in [0.717, 1.165) is 29.6 Å². The van der Waals surface area contributed by atoms with Crippen LogP contribution in [-0.2, 0) is 4.79 Å². The van der Waals surface area contributed by atoms with E-state index >= 15 is 0 Å². The van der Waals surface area contributed by atoms with E-state index in [9.17, 15) is 35.9 Å². The van der Waals surface area contributed by atoms with Crippen LogP contribution >= 0.6 is 0 Å². The van der Waals surface area contributed by atoms with Gasteiger partial charge >= 0.3 is 24.5 Å². The smallest absolute Gasteiger partial charge is 0.406 e. The van der Waals surface area contributed by atoms with Gasteiger partial charge in [0.1, 0.15) is 5.75 Å². The number of anilines is 1. The Kier molecular flexibility index (Phi) is 4.66. The van der Waals surface area contributed by atoms with E-state index in [2.05, 4.69) is 4.74 Å². The van der Waals surface area contributed by atoms with Crippen LogP contribution in [0.1, 0.15) is 0 Å². The zero-order chi connectivity index (χ0) is 16.3. The fourth-order valence-electron chi connectivity index (χ4n) is 1.08. The van der Waals surface area contributed by atoms with Gasteiger partial charge in [-0.15, -0.1) is 13.2 Å². The first-order valence-corrected chi connectivity index (χ1v) is 5.02. The third-order valence-electron chi connectivity index (χ3n) is 1.83. The number of carbonyl (C=O) groups is 2. The average molecular weight is 316 g/mol. The van der Waals surface area contributed by atoms with Crippen LogP contribution in [-0.4, -0.2) is 24.5 Å². The van der Waals surface area contributed by atoms with Gasteiger partial charge in [0.05, 0.1) is 0 Å². The van der Waals surface area contributed by atoms with Crippen molar-refractivity contribution >= 4 is 17.6 Å². The molecule has 0 aromatic heterocycles. The van der Waals surface area contributed by atoms with Gasteiger partial charge in [-0.1, -0.05) is 0 Å². The van der Waals surface area contributed by atoms with Crippen molar-refractivity contribution in [2.24, 2.45) is 0 Å². The molecular weight excluding hydrogens is 310 g/mol. The molecule has 0 fully saturated rings. The van der Waals surface area contributed by atoms with Gasteiger partial charge in [-0.25, -0.2) is 4.79 Å². The Hall–Kier alpha value is -2.46. The molecule has 0 saturated heterocycles. The first kappa shape index (κ1) is 16.6. The van der Waals surface area contributed by atoms with Crippen molar-refractivity contribution in [3.05, 3.63) is 24.3 Å². The highest BCUT2D eigenvalue weighted by Crippen LogP contribution is 2.23. The topological polar surface area (TPSA) is 67.4 Å². The largest absolute Gasteiger partial charge is 0.573 e. The lowest BCUT2D eigenvalue weighted by Crippen LogP contribution is -2.42. The normalized spacial score (nSPS) is 11.7. The van der Waals surface area contributed by atoms with Crippen LogP contribution in [0.5, 0.6) is 5.75 Å². The molecule has 5 nitrogen and oxygen atoms in total. The number of urea groups is 1. The molecule has 3 amide bonds. The van der Waals surface area contributed by atoms with Gasteiger partial charge in [-0.3, -0.25) is 10.1 Å². The molecule has 0 aliphatic rings. The average Bonchev–Trinajstić information content (AvgIpc) is 2.28. The molecule has 0 spiro atoms. The van der Waals surface area contributed by atoms with Crippen molar-refractivity contribution in [3.8, 4) is 5.75 Å². The van der Waals surface area contributed by atoms with Crippen LogP contribution in [0.4, 0.5) is 36.8 Å². The molecular formula is C10H6F6N2O3. The monoisotopic (exact) mass is 316 g/mol. The second-order valence-corrected chi connectivity index (χ2v) is 3.48. The number of imide groups is 1. The second kappa shape index (κ2) is 5.89. The van der Waals surface area contributed by atoms with Crippen LogP contribution in [0.2, 0.25) is 0 Å². The zero-order valence-electron chi connectivity index (χ0n) is 9.80. The number of halogens is 6. The molecule has 0 atom stereocenters. The van der Waals surface area contributed by atoms with Gasteiger partial charge in [-0.05, 0) is 24.3 Å². The Labute approximate surface area is 112 Å². The summed E-state index contributed by atoms with van der Waals surface area (Å²) in [5, 5.41) is 2.82. The minimum absolute atomic E-state index is 0.142. The molecule has 1 rings (SSSR count). The van der Waals surface area contributed by atoms with E-state index in [1.807, 2.05) is 5.32 Å². The summed E-state index contributed by atoms with van der Waals surface area (Å²) in [6.07, 6.45) is -10.1. The van der Waals surface area contributed by atoms with Crippen molar-refractivity contribution < 1.29 is 40.7 Å². The Bertz CT molecular complexity index is 523. The lowest BCUT2D eigenvalue weighted by molar-refractivity contribution is -0.274. The zero-order valence-corrected chi connectivity index (χ0v) is 9.80. The lowest BCUT2D eigenvalue weighted by atomic mass is 10.3. The summed E-state index contributed by atoms with van der Waals surface area (Å²) in [5.41, 5.74) is -0.142. The van der Waals surface area contributed by atoms with E-state index in [4.69, 9.17) is 0 Å². The summed E-state index contributed by atoms with van der Waals surface area (Å²) in [6, 6.07) is 2.06. The molecule has 0 aliphatic carbocycles. The third kappa shape index (κ3) is 6.01. The number of ether oxygens (including phenoxy) is 1. The lowest BCUT2D eigenvalue weighted by Gasteiger charge is -2.10. The second-order valence-electron chi connectivity index (χ2n) is 3.48. The van der Waals surface area contributed by atoms with Crippen molar-refractivity contribution in [1.82, 2.24) is 5.32 Å². The van der Waals surface area contributed by atoms with E-state index in [1.165, 1.54) is 0 Å². The number of rotatable bonds is 2. The molecule has 0 aliphatic heterocycles. The SMILES string of the molecule is O=C(NC(=O)C(F)(F)F)Nc1ccc(OC(F)(F)F)cc1. The van der Waals surface area contributed by atoms with Crippen LogP contribution < -0.4 is 15.4 Å². The van der Waals surface area contributed by atoms with Gasteiger partial charge in [0, 0.05) is 5.69 Å². The van der Waals surface area contributed by atoms with E-state index in [-0.39, 0.29) is 5.69 Å². The first-order valence-electron chi connectivity index (χ1n) is 5.02. The molecule has 1 aromatic carbocycles. The maximum Gasteiger partial charge on any atom is 0.573 e. The summed E-state index contributed by atoms with van der Waals surface area (Å²) >= 11 is 0. The summed E-state index contributed by atoms with van der Waals surface area (Å²) in [5.74, 6) is -3.06. The molecule has 0 heterocycles. The summed E-state index contributed by atoms with van der Waals surface area (Å²) in [6.45, 7) is 0. The van der Waals surface area contributed by atoms with Crippen LogP contribution in [0.15, 0.2) is 24.3 Å². The molecule has 2 N–H and O–H groups in total. The summed E-state index contributed by atoms with van der Waals surface area (Å²) < 4.78 is 74.7. The highest BCUT2D eigenvalue weighted by atomic mass is 19.4. The van der Waals surface area contributed by atoms with Gasteiger partial charge in [0.2, 0.25) is 0 Å². The Morgan fingerprint density at radius 2 is 1.48 bits per heavy atom. The first-order chi connectivity index (χ1) is 9.47. The number of amides is 3. The highest BCUT2D eigenvalue weighted by Gasteiger charge is 2.39. The quantitative estimate of drug-likeness (QED) is 0.825. The van der Waals surface area contributed by atoms with Crippen LogP contribution in [0, 0.1) is 0 Å². The maximum atomic E-state index is 11.9. The van der Waals surface area contributed by atoms with Crippen LogP contribution in [0.25, 0.3) is 0 Å². The summed E-state index contributed by atoms with van der Waals surface area (Å²) in [7, 11) is 0. The van der Waals surface area contributed by atoms with Crippen molar-refractivity contribution in [3.63, 3.8) is 0 Å². The van der Waals surface area contributed by atoms with Gasteiger partial charge in [-0.2, -0.15) is 13.2 Å². The molecule has 11 heteroatoms. The molecule has 116 valence electrons. The number of hydrogen-bond acceptors (Lipinski definition) is 3. The van der Waals surface area contributed by atoms with Crippen molar-refractivity contribution in [2.45, 2.75) is 12.5 Å². The number of alkyl halides is 6. The fraction of sp³-hybridized carbons (Fsp3) is 0.200. The number of benzene rings is 1. The standard InChI is InChI=1S/C10H6F6N2O3/c11-9(12,13)7(19)18-8(20)17-5-1-3-6(4-2-5)21-10(14,15)16/h1-4H,(H2,17,18,19,20). The van der Waals surface area contributed by atoms with E-state index < -0.39 is 30.2 Å². The predicted molar refractivity (Wildman–Crippen MR) is 56.3 cm³/mol. The van der Waals surface area contributed by atoms with Crippen molar-refractivity contribution in [2.75, 3.05) is 5.32 Å². The third-order valence-corrected chi connectivity index (χ3v) is 1.83. The highest BCUT2D eigenvalue weighted by molar-refractivity contribution is 6.02. The summed E-state index contributed by atoms with van der Waals surface area (Å²) in [4.78, 5) is 21.5.